The minimum Gasteiger partial charge on any atom is -0.479 e. The average molecular weight is 300 g/mol. The van der Waals surface area contributed by atoms with E-state index >= 15 is 0 Å². The summed E-state index contributed by atoms with van der Waals surface area (Å²) >= 11 is 1.62. The van der Waals surface area contributed by atoms with E-state index in [9.17, 15) is 9.90 Å². The lowest BCUT2D eigenvalue weighted by Crippen LogP contribution is -2.39. The molecule has 4 rings (SSSR count). The Labute approximate surface area is 124 Å². The molecule has 0 amide bonds. The zero-order chi connectivity index (χ0) is 14.4. The van der Waals surface area contributed by atoms with Gasteiger partial charge in [-0.3, -0.25) is 0 Å². The summed E-state index contributed by atoms with van der Waals surface area (Å²) in [6.45, 7) is 0.641. The third-order valence-corrected chi connectivity index (χ3v) is 4.83. The highest BCUT2D eigenvalue weighted by Crippen LogP contribution is 2.38. The second kappa shape index (κ2) is 4.60. The summed E-state index contributed by atoms with van der Waals surface area (Å²) in [5.41, 5.74) is 1.60. The molecule has 0 aromatic carbocycles. The van der Waals surface area contributed by atoms with Gasteiger partial charge in [0.1, 0.15) is 11.4 Å². The van der Waals surface area contributed by atoms with E-state index in [4.69, 9.17) is 4.42 Å². The molecule has 1 unspecified atom stereocenters. The molecule has 0 aliphatic carbocycles. The number of fused-ring (bicyclic) bond motifs is 2. The Balaban J connectivity index is 1.88. The molecule has 0 radical (unpaired) electrons. The number of thiophene rings is 1. The van der Waals surface area contributed by atoms with Crippen LogP contribution in [-0.4, -0.2) is 22.6 Å². The van der Waals surface area contributed by atoms with Gasteiger partial charge in [0.25, 0.3) is 0 Å². The number of aromatic nitrogens is 1. The second-order valence-corrected chi connectivity index (χ2v) is 5.95. The number of nitrogens with zero attached hydrogens (tertiary/aromatic N) is 2. The first-order valence-corrected chi connectivity index (χ1v) is 7.51. The van der Waals surface area contributed by atoms with Gasteiger partial charge in [-0.2, -0.15) is 0 Å². The highest BCUT2D eigenvalue weighted by Gasteiger charge is 2.35. The molecule has 0 fully saturated rings. The van der Waals surface area contributed by atoms with Crippen LogP contribution in [-0.2, 0) is 11.2 Å². The predicted molar refractivity (Wildman–Crippen MR) is 79.8 cm³/mol. The van der Waals surface area contributed by atoms with Gasteiger partial charge >= 0.3 is 5.97 Å². The van der Waals surface area contributed by atoms with Crippen molar-refractivity contribution in [2.24, 2.45) is 0 Å². The average Bonchev–Trinajstić information content (AvgIpc) is 3.13. The van der Waals surface area contributed by atoms with Crippen molar-refractivity contribution < 1.29 is 14.3 Å². The van der Waals surface area contributed by atoms with Crippen molar-refractivity contribution in [2.45, 2.75) is 12.5 Å². The Hall–Kier alpha value is -2.34. The highest BCUT2D eigenvalue weighted by atomic mass is 32.1. The smallest absolute Gasteiger partial charge is 0.331 e. The summed E-state index contributed by atoms with van der Waals surface area (Å²) in [4.78, 5) is 19.2. The number of rotatable bonds is 2. The zero-order valence-corrected chi connectivity index (χ0v) is 11.8. The van der Waals surface area contributed by atoms with Gasteiger partial charge in [-0.25, -0.2) is 9.78 Å². The van der Waals surface area contributed by atoms with Crippen molar-refractivity contribution >= 4 is 34.1 Å². The van der Waals surface area contributed by atoms with Crippen molar-refractivity contribution in [1.29, 1.82) is 0 Å². The van der Waals surface area contributed by atoms with Crippen molar-refractivity contribution in [1.82, 2.24) is 4.98 Å². The number of pyridine rings is 1. The van der Waals surface area contributed by atoms with Crippen LogP contribution in [0.4, 0.5) is 5.82 Å². The summed E-state index contributed by atoms with van der Waals surface area (Å²) in [6, 6.07) is 4.84. The first kappa shape index (κ1) is 12.4. The van der Waals surface area contributed by atoms with E-state index in [-0.39, 0.29) is 0 Å². The van der Waals surface area contributed by atoms with Crippen molar-refractivity contribution in [3.63, 3.8) is 0 Å². The third kappa shape index (κ3) is 1.83. The van der Waals surface area contributed by atoms with Crippen LogP contribution in [0.15, 0.2) is 40.5 Å². The summed E-state index contributed by atoms with van der Waals surface area (Å²) in [6.07, 6.45) is 4.10. The predicted octanol–water partition coefficient (Wildman–Crippen LogP) is 3.08. The van der Waals surface area contributed by atoms with Gasteiger partial charge in [0.2, 0.25) is 0 Å². The van der Waals surface area contributed by atoms with Gasteiger partial charge in [0, 0.05) is 17.6 Å². The number of anilines is 1. The lowest BCUT2D eigenvalue weighted by molar-refractivity contribution is -0.138. The van der Waals surface area contributed by atoms with Gasteiger partial charge in [0.15, 0.2) is 6.04 Å². The molecule has 1 aliphatic heterocycles. The molecule has 3 aromatic heterocycles. The van der Waals surface area contributed by atoms with E-state index in [1.165, 1.54) is 0 Å². The molecule has 106 valence electrons. The number of hydrogen-bond acceptors (Lipinski definition) is 5. The fourth-order valence-electron chi connectivity index (χ4n) is 2.92. The Morgan fingerprint density at radius 1 is 1.43 bits per heavy atom. The molecule has 0 saturated heterocycles. The number of furan rings is 1. The van der Waals surface area contributed by atoms with E-state index < -0.39 is 12.0 Å². The Morgan fingerprint density at radius 2 is 2.33 bits per heavy atom. The van der Waals surface area contributed by atoms with E-state index in [0.29, 0.717) is 12.4 Å². The monoisotopic (exact) mass is 300 g/mol. The summed E-state index contributed by atoms with van der Waals surface area (Å²) in [7, 11) is 0. The molecule has 6 heteroatoms. The maximum absolute atomic E-state index is 11.8. The summed E-state index contributed by atoms with van der Waals surface area (Å²) in [5.74, 6) is -0.179. The lowest BCUT2D eigenvalue weighted by Gasteiger charge is -2.34. The molecule has 4 heterocycles. The quantitative estimate of drug-likeness (QED) is 0.788. The Morgan fingerprint density at radius 3 is 3.19 bits per heavy atom. The normalized spacial score (nSPS) is 17.9. The maximum Gasteiger partial charge on any atom is 0.331 e. The molecule has 0 saturated carbocycles. The van der Waals surface area contributed by atoms with Crippen LogP contribution in [0, 0.1) is 0 Å². The van der Waals surface area contributed by atoms with Gasteiger partial charge in [-0.05, 0) is 35.6 Å². The fraction of sp³-hybridized carbons (Fsp3) is 0.200. The van der Waals surface area contributed by atoms with Crippen LogP contribution in [0.25, 0.3) is 11.0 Å². The molecule has 1 N–H and O–H groups in total. The molecule has 1 atom stereocenters. The molecule has 1 aliphatic rings. The fourth-order valence-corrected chi connectivity index (χ4v) is 3.82. The van der Waals surface area contributed by atoms with E-state index in [2.05, 4.69) is 4.98 Å². The second-order valence-electron chi connectivity index (χ2n) is 4.95. The largest absolute Gasteiger partial charge is 0.479 e. The standard InChI is InChI=1S/C15H12N2O3S/c18-15(19)13-10-4-8-21-12(10)2-6-17(13)14-9-3-7-20-11(9)1-5-16-14/h1,3-5,7-8,13H,2,6H2,(H,18,19). The zero-order valence-electron chi connectivity index (χ0n) is 11.0. The molecule has 0 bridgehead atoms. The maximum atomic E-state index is 11.8. The van der Waals surface area contributed by atoms with Crippen molar-refractivity contribution in [3.05, 3.63) is 46.5 Å². The topological polar surface area (TPSA) is 66.6 Å². The number of carboxylic acids is 1. The van der Waals surface area contributed by atoms with E-state index in [1.807, 2.05) is 22.4 Å². The lowest BCUT2D eigenvalue weighted by atomic mass is 9.99. The van der Waals surface area contributed by atoms with Gasteiger partial charge in [-0.15, -0.1) is 11.3 Å². The van der Waals surface area contributed by atoms with Crippen LogP contribution in [0.1, 0.15) is 16.5 Å². The molecule has 3 aromatic rings. The van der Waals surface area contributed by atoms with Crippen LogP contribution >= 0.6 is 11.3 Å². The number of carbonyl (C=O) groups is 1. The van der Waals surface area contributed by atoms with Gasteiger partial charge in [0.05, 0.1) is 11.6 Å². The van der Waals surface area contributed by atoms with E-state index in [0.717, 1.165) is 27.8 Å². The molecular weight excluding hydrogens is 288 g/mol. The summed E-state index contributed by atoms with van der Waals surface area (Å²) in [5, 5.41) is 12.5. The summed E-state index contributed by atoms with van der Waals surface area (Å²) < 4.78 is 5.39. The highest BCUT2D eigenvalue weighted by molar-refractivity contribution is 7.10. The molecule has 21 heavy (non-hydrogen) atoms. The SMILES string of the molecule is O=C(O)C1c2ccsc2CCN1c1nccc2occc12. The van der Waals surface area contributed by atoms with E-state index in [1.54, 1.807) is 29.9 Å². The third-order valence-electron chi connectivity index (χ3n) is 3.83. The minimum absolute atomic E-state index is 0.641. The number of hydrogen-bond donors (Lipinski definition) is 1. The van der Waals surface area contributed by atoms with Crippen LogP contribution < -0.4 is 4.90 Å². The van der Waals surface area contributed by atoms with Crippen molar-refractivity contribution in [3.8, 4) is 0 Å². The van der Waals surface area contributed by atoms with Gasteiger partial charge < -0.3 is 14.4 Å². The number of aliphatic carboxylic acids is 1. The van der Waals surface area contributed by atoms with Gasteiger partial charge in [-0.1, -0.05) is 0 Å². The van der Waals surface area contributed by atoms with Crippen LogP contribution in [0.3, 0.4) is 0 Å². The van der Waals surface area contributed by atoms with Crippen LogP contribution in [0.2, 0.25) is 0 Å². The Bertz CT molecular complexity index is 823. The molecular formula is C15H12N2O3S. The molecule has 0 spiro atoms. The van der Waals surface area contributed by atoms with Crippen molar-refractivity contribution in [2.75, 3.05) is 11.4 Å². The minimum atomic E-state index is -0.850. The van der Waals surface area contributed by atoms with Crippen LogP contribution in [0.5, 0.6) is 0 Å². The Kier molecular flexibility index (Phi) is 2.71. The number of carboxylic acid groups (broad SMARTS) is 1. The first-order valence-electron chi connectivity index (χ1n) is 6.63. The first-order chi connectivity index (χ1) is 10.3. The molecule has 5 nitrogen and oxygen atoms in total.